The van der Waals surface area contributed by atoms with Crippen LogP contribution in [0.4, 0.5) is 13.2 Å². The van der Waals surface area contributed by atoms with E-state index in [-0.39, 0.29) is 5.69 Å². The van der Waals surface area contributed by atoms with Crippen LogP contribution < -0.4 is 0 Å². The van der Waals surface area contributed by atoms with E-state index in [0.29, 0.717) is 16.5 Å². The fourth-order valence-electron chi connectivity index (χ4n) is 2.03. The Bertz CT molecular complexity index is 813. The lowest BCUT2D eigenvalue weighted by Crippen LogP contribution is -2.09. The maximum Gasteiger partial charge on any atom is 0.433 e. The van der Waals surface area contributed by atoms with Gasteiger partial charge in [0.1, 0.15) is 5.69 Å². The average molecular weight is 310 g/mol. The van der Waals surface area contributed by atoms with E-state index in [4.69, 9.17) is 11.6 Å². The van der Waals surface area contributed by atoms with E-state index in [1.807, 2.05) is 0 Å². The number of fused-ring (bicyclic) bond motifs is 1. The van der Waals surface area contributed by atoms with Gasteiger partial charge in [-0.2, -0.15) is 13.2 Å². The predicted molar refractivity (Wildman–Crippen MR) is 72.8 cm³/mol. The van der Waals surface area contributed by atoms with Crippen LogP contribution >= 0.6 is 11.6 Å². The largest absolute Gasteiger partial charge is 0.433 e. The summed E-state index contributed by atoms with van der Waals surface area (Å²) in [5, 5.41) is 0.253. The SMILES string of the molecule is FC(F)(F)c1cc(-c2cccc3ncccc23)nc(Cl)n1. The number of hydrogen-bond donors (Lipinski definition) is 0. The second-order valence-electron chi connectivity index (χ2n) is 4.28. The summed E-state index contributed by atoms with van der Waals surface area (Å²) < 4.78 is 38.4. The topological polar surface area (TPSA) is 38.7 Å². The lowest BCUT2D eigenvalue weighted by Gasteiger charge is -2.09. The first kappa shape index (κ1) is 13.8. The molecule has 1 aromatic carbocycles. The van der Waals surface area contributed by atoms with Gasteiger partial charge in [0, 0.05) is 17.1 Å². The molecule has 2 heterocycles. The molecular formula is C14H7ClF3N3. The molecule has 0 aliphatic rings. The Morgan fingerprint density at radius 2 is 1.81 bits per heavy atom. The second-order valence-corrected chi connectivity index (χ2v) is 4.62. The van der Waals surface area contributed by atoms with Crippen molar-refractivity contribution in [3.05, 3.63) is 53.6 Å². The van der Waals surface area contributed by atoms with Gasteiger partial charge in [0.25, 0.3) is 0 Å². The zero-order valence-electron chi connectivity index (χ0n) is 10.4. The van der Waals surface area contributed by atoms with Crippen LogP contribution in [-0.2, 0) is 6.18 Å². The highest BCUT2D eigenvalue weighted by molar-refractivity contribution is 6.28. The molecule has 2 aromatic heterocycles. The molecule has 0 atom stereocenters. The molecule has 7 heteroatoms. The first-order chi connectivity index (χ1) is 9.95. The van der Waals surface area contributed by atoms with Gasteiger partial charge in [-0.1, -0.05) is 18.2 Å². The summed E-state index contributed by atoms with van der Waals surface area (Å²) in [7, 11) is 0. The normalized spacial score (nSPS) is 11.8. The van der Waals surface area contributed by atoms with Crippen LogP contribution in [-0.4, -0.2) is 15.0 Å². The van der Waals surface area contributed by atoms with Crippen molar-refractivity contribution < 1.29 is 13.2 Å². The molecule has 3 nitrogen and oxygen atoms in total. The van der Waals surface area contributed by atoms with Crippen molar-refractivity contribution in [2.75, 3.05) is 0 Å². The molecule has 0 bridgehead atoms. The first-order valence-electron chi connectivity index (χ1n) is 5.91. The Hall–Kier alpha value is -2.21. The van der Waals surface area contributed by atoms with Crippen LogP contribution in [0.25, 0.3) is 22.2 Å². The van der Waals surface area contributed by atoms with Crippen LogP contribution in [0.3, 0.4) is 0 Å². The van der Waals surface area contributed by atoms with Crippen molar-refractivity contribution in [3.8, 4) is 11.3 Å². The zero-order chi connectivity index (χ0) is 15.0. The van der Waals surface area contributed by atoms with Gasteiger partial charge in [-0.05, 0) is 29.8 Å². The van der Waals surface area contributed by atoms with Gasteiger partial charge in [-0.3, -0.25) is 4.98 Å². The van der Waals surface area contributed by atoms with Gasteiger partial charge in [0.2, 0.25) is 5.28 Å². The summed E-state index contributed by atoms with van der Waals surface area (Å²) in [6.45, 7) is 0. The van der Waals surface area contributed by atoms with Crippen molar-refractivity contribution in [3.63, 3.8) is 0 Å². The van der Waals surface area contributed by atoms with E-state index in [1.54, 1.807) is 36.5 Å². The van der Waals surface area contributed by atoms with Crippen LogP contribution in [0, 0.1) is 0 Å². The highest BCUT2D eigenvalue weighted by Crippen LogP contribution is 2.33. The monoisotopic (exact) mass is 309 g/mol. The third-order valence-electron chi connectivity index (χ3n) is 2.91. The second kappa shape index (κ2) is 4.96. The maximum atomic E-state index is 12.8. The minimum Gasteiger partial charge on any atom is -0.256 e. The van der Waals surface area contributed by atoms with Crippen molar-refractivity contribution in [2.24, 2.45) is 0 Å². The van der Waals surface area contributed by atoms with Crippen molar-refractivity contribution in [1.29, 1.82) is 0 Å². The Kier molecular flexibility index (Phi) is 3.25. The molecule has 0 aliphatic carbocycles. The van der Waals surface area contributed by atoms with Gasteiger partial charge < -0.3 is 0 Å². The lowest BCUT2D eigenvalue weighted by atomic mass is 10.0. The van der Waals surface area contributed by atoms with E-state index < -0.39 is 17.2 Å². The third-order valence-corrected chi connectivity index (χ3v) is 3.08. The number of benzene rings is 1. The quantitative estimate of drug-likeness (QED) is 0.627. The van der Waals surface area contributed by atoms with Gasteiger partial charge in [0.15, 0.2) is 0 Å². The van der Waals surface area contributed by atoms with Crippen molar-refractivity contribution in [2.45, 2.75) is 6.18 Å². The van der Waals surface area contributed by atoms with E-state index in [2.05, 4.69) is 15.0 Å². The molecule has 0 fully saturated rings. The Balaban J connectivity index is 2.26. The minimum atomic E-state index is -4.58. The Morgan fingerprint density at radius 1 is 1.00 bits per heavy atom. The number of alkyl halides is 3. The smallest absolute Gasteiger partial charge is 0.256 e. The minimum absolute atomic E-state index is 0.112. The molecule has 0 unspecified atom stereocenters. The lowest BCUT2D eigenvalue weighted by molar-refractivity contribution is -0.141. The zero-order valence-corrected chi connectivity index (χ0v) is 11.2. The number of hydrogen-bond acceptors (Lipinski definition) is 3. The predicted octanol–water partition coefficient (Wildman–Crippen LogP) is 4.36. The van der Waals surface area contributed by atoms with Gasteiger partial charge in [0.05, 0.1) is 11.2 Å². The van der Waals surface area contributed by atoms with E-state index in [0.717, 1.165) is 6.07 Å². The number of aromatic nitrogens is 3. The maximum absolute atomic E-state index is 12.8. The third kappa shape index (κ3) is 2.67. The molecule has 0 saturated carbocycles. The number of halogens is 4. The van der Waals surface area contributed by atoms with Crippen LogP contribution in [0.15, 0.2) is 42.6 Å². The van der Waals surface area contributed by atoms with E-state index in [1.165, 1.54) is 0 Å². The highest BCUT2D eigenvalue weighted by atomic mass is 35.5. The first-order valence-corrected chi connectivity index (χ1v) is 6.29. The summed E-state index contributed by atoms with van der Waals surface area (Å²) in [4.78, 5) is 11.3. The van der Waals surface area contributed by atoms with Crippen LogP contribution in [0.2, 0.25) is 5.28 Å². The molecule has 0 amide bonds. The van der Waals surface area contributed by atoms with Gasteiger partial charge in [-0.15, -0.1) is 0 Å². The summed E-state index contributed by atoms with van der Waals surface area (Å²) in [6, 6.07) is 9.50. The number of nitrogens with zero attached hydrogens (tertiary/aromatic N) is 3. The van der Waals surface area contributed by atoms with Crippen LogP contribution in [0.1, 0.15) is 5.69 Å². The van der Waals surface area contributed by atoms with Crippen molar-refractivity contribution in [1.82, 2.24) is 15.0 Å². The number of pyridine rings is 1. The van der Waals surface area contributed by atoms with Gasteiger partial charge in [-0.25, -0.2) is 9.97 Å². The standard InChI is InChI=1S/C14H7ClF3N3/c15-13-20-11(7-12(21-13)14(16,17)18)9-3-1-5-10-8(9)4-2-6-19-10/h1-7H. The molecule has 106 valence electrons. The fraction of sp³-hybridized carbons (Fsp3) is 0.0714. The molecule has 0 aliphatic heterocycles. The Morgan fingerprint density at radius 3 is 2.57 bits per heavy atom. The van der Waals surface area contributed by atoms with Crippen molar-refractivity contribution >= 4 is 22.5 Å². The van der Waals surface area contributed by atoms with Crippen LogP contribution in [0.5, 0.6) is 0 Å². The summed E-state index contributed by atoms with van der Waals surface area (Å²) in [6.07, 6.45) is -2.97. The molecule has 0 saturated heterocycles. The average Bonchev–Trinajstić information content (AvgIpc) is 2.45. The number of rotatable bonds is 1. The molecule has 3 rings (SSSR count). The molecule has 0 N–H and O–H groups in total. The molecular weight excluding hydrogens is 303 g/mol. The van der Waals surface area contributed by atoms with Gasteiger partial charge >= 0.3 is 6.18 Å². The Labute approximate surface area is 122 Å². The fourth-order valence-corrected chi connectivity index (χ4v) is 2.21. The molecule has 3 aromatic rings. The van der Waals surface area contributed by atoms with E-state index >= 15 is 0 Å². The highest BCUT2D eigenvalue weighted by Gasteiger charge is 2.33. The summed E-state index contributed by atoms with van der Waals surface area (Å²) in [5.74, 6) is 0. The molecule has 0 radical (unpaired) electrons. The molecule has 0 spiro atoms. The van der Waals surface area contributed by atoms with E-state index in [9.17, 15) is 13.2 Å². The summed E-state index contributed by atoms with van der Waals surface area (Å²) >= 11 is 5.62. The summed E-state index contributed by atoms with van der Waals surface area (Å²) in [5.41, 5.74) is 0.230. The molecule has 21 heavy (non-hydrogen) atoms.